The number of nitrogens with one attached hydrogen (secondary N) is 1. The first kappa shape index (κ1) is 43.8. The standard InChI is InChI=1S/C33H49NO18/c1-15(35)34-26-22(11-12-25(42)52-33(8,9)10)49-23(13-43-16(2)36)27(29(26)46-19(5)39)51-32-31(48-21(7)41)30(47-20(6)40)28(45-18(4)38)24(50-32)14-44-17(3)37/h22-24,26-32H,11-14H2,1-10H3,(H,34,35)/t22-,23-,24-,26-,27-,28+,29-,30+,31-,32+/m1/s1. The molecule has 0 bridgehead atoms. The lowest BCUT2D eigenvalue weighted by atomic mass is 9.89. The van der Waals surface area contributed by atoms with Crippen LogP contribution in [0.1, 0.15) is 82.1 Å². The van der Waals surface area contributed by atoms with E-state index < -0.39 is 128 Å². The quantitative estimate of drug-likeness (QED) is 0.186. The molecule has 0 unspecified atom stereocenters. The van der Waals surface area contributed by atoms with Gasteiger partial charge in [-0.15, -0.1) is 0 Å². The number of carbonyl (C=O) groups is 8. The molecule has 2 aliphatic heterocycles. The van der Waals surface area contributed by atoms with Crippen LogP contribution in [-0.4, -0.2) is 128 Å². The summed E-state index contributed by atoms with van der Waals surface area (Å²) in [6, 6.07) is -1.20. The van der Waals surface area contributed by atoms with E-state index in [1.54, 1.807) is 20.8 Å². The lowest BCUT2D eigenvalue weighted by Crippen LogP contribution is -2.68. The van der Waals surface area contributed by atoms with E-state index in [0.717, 1.165) is 41.5 Å². The van der Waals surface area contributed by atoms with Crippen molar-refractivity contribution in [2.75, 3.05) is 13.2 Å². The van der Waals surface area contributed by atoms with E-state index >= 15 is 0 Å². The minimum Gasteiger partial charge on any atom is -0.463 e. The van der Waals surface area contributed by atoms with Crippen molar-refractivity contribution in [3.8, 4) is 0 Å². The van der Waals surface area contributed by atoms with Crippen LogP contribution in [-0.2, 0) is 85.7 Å². The molecule has 0 aromatic rings. The molecule has 2 rings (SSSR count). The van der Waals surface area contributed by atoms with Gasteiger partial charge in [0.15, 0.2) is 30.7 Å². The molecule has 2 aliphatic rings. The maximum atomic E-state index is 12.7. The molecule has 0 aromatic heterocycles. The summed E-state index contributed by atoms with van der Waals surface area (Å²) in [5.74, 6) is -6.15. The van der Waals surface area contributed by atoms with Crippen molar-refractivity contribution in [1.29, 1.82) is 0 Å². The van der Waals surface area contributed by atoms with Gasteiger partial charge < -0.3 is 52.7 Å². The summed E-state index contributed by atoms with van der Waals surface area (Å²) in [5.41, 5.74) is -0.803. The second kappa shape index (κ2) is 19.5. The van der Waals surface area contributed by atoms with Crippen LogP contribution in [0.15, 0.2) is 0 Å². The Morgan fingerprint density at radius 2 is 1.02 bits per heavy atom. The third-order valence-electron chi connectivity index (χ3n) is 7.21. The first-order valence-electron chi connectivity index (χ1n) is 16.5. The van der Waals surface area contributed by atoms with E-state index in [0.29, 0.717) is 0 Å². The van der Waals surface area contributed by atoms with Crippen molar-refractivity contribution in [2.24, 2.45) is 0 Å². The number of carbonyl (C=O) groups excluding carboxylic acids is 8. The van der Waals surface area contributed by atoms with Crippen molar-refractivity contribution < 1.29 is 85.7 Å². The number of hydrogen-bond acceptors (Lipinski definition) is 18. The Balaban J connectivity index is 2.71. The van der Waals surface area contributed by atoms with Crippen LogP contribution in [0.25, 0.3) is 0 Å². The second-order valence-corrected chi connectivity index (χ2v) is 13.1. The molecule has 2 heterocycles. The van der Waals surface area contributed by atoms with Gasteiger partial charge in [0.1, 0.15) is 37.1 Å². The normalized spacial score (nSPS) is 28.7. The summed E-state index contributed by atoms with van der Waals surface area (Å²) < 4.78 is 56.5. The second-order valence-electron chi connectivity index (χ2n) is 13.1. The topological polar surface area (TPSA) is 241 Å². The van der Waals surface area contributed by atoms with Gasteiger partial charge >= 0.3 is 41.8 Å². The molecule has 52 heavy (non-hydrogen) atoms. The van der Waals surface area contributed by atoms with Gasteiger partial charge in [-0.2, -0.15) is 0 Å². The highest BCUT2D eigenvalue weighted by molar-refractivity contribution is 5.74. The smallest absolute Gasteiger partial charge is 0.306 e. The van der Waals surface area contributed by atoms with Crippen LogP contribution in [0.2, 0.25) is 0 Å². The van der Waals surface area contributed by atoms with Crippen molar-refractivity contribution in [3.05, 3.63) is 0 Å². The molecule has 1 amide bonds. The van der Waals surface area contributed by atoms with E-state index in [2.05, 4.69) is 5.32 Å². The van der Waals surface area contributed by atoms with Crippen LogP contribution in [0.4, 0.5) is 0 Å². The Hall–Kier alpha value is -4.36. The van der Waals surface area contributed by atoms with E-state index in [1.807, 2.05) is 0 Å². The van der Waals surface area contributed by atoms with Crippen LogP contribution in [0.3, 0.4) is 0 Å². The summed E-state index contributed by atoms with van der Waals surface area (Å²) >= 11 is 0. The highest BCUT2D eigenvalue weighted by Gasteiger charge is 2.56. The van der Waals surface area contributed by atoms with E-state index in [1.165, 1.54) is 6.92 Å². The van der Waals surface area contributed by atoms with Gasteiger partial charge in [-0.25, -0.2) is 0 Å². The van der Waals surface area contributed by atoms with Crippen molar-refractivity contribution in [2.45, 2.75) is 149 Å². The predicted octanol–water partition coefficient (Wildman–Crippen LogP) is 0.344. The molecule has 0 saturated carbocycles. The molecule has 0 radical (unpaired) electrons. The van der Waals surface area contributed by atoms with Crippen LogP contribution < -0.4 is 5.32 Å². The van der Waals surface area contributed by atoms with Gasteiger partial charge in [0, 0.05) is 54.9 Å². The molecule has 2 fully saturated rings. The number of hydrogen-bond donors (Lipinski definition) is 1. The lowest BCUT2D eigenvalue weighted by molar-refractivity contribution is -0.339. The monoisotopic (exact) mass is 747 g/mol. The molecule has 2 saturated heterocycles. The molecule has 0 aromatic carbocycles. The van der Waals surface area contributed by atoms with Gasteiger partial charge in [-0.3, -0.25) is 38.4 Å². The molecule has 0 spiro atoms. The van der Waals surface area contributed by atoms with Crippen molar-refractivity contribution in [1.82, 2.24) is 5.32 Å². The minimum atomic E-state index is -1.77. The maximum absolute atomic E-state index is 12.7. The van der Waals surface area contributed by atoms with Crippen molar-refractivity contribution in [3.63, 3.8) is 0 Å². The molecule has 0 aliphatic carbocycles. The summed E-state index contributed by atoms with van der Waals surface area (Å²) in [6.07, 6.45) is -13.6. The maximum Gasteiger partial charge on any atom is 0.306 e. The van der Waals surface area contributed by atoms with E-state index in [9.17, 15) is 38.4 Å². The summed E-state index contributed by atoms with van der Waals surface area (Å²) in [6.45, 7) is 11.6. The fourth-order valence-corrected chi connectivity index (χ4v) is 5.61. The zero-order valence-electron chi connectivity index (χ0n) is 31.0. The van der Waals surface area contributed by atoms with Crippen molar-refractivity contribution >= 4 is 47.7 Å². The largest absolute Gasteiger partial charge is 0.463 e. The van der Waals surface area contributed by atoms with E-state index in [4.69, 9.17) is 47.4 Å². The predicted molar refractivity (Wildman–Crippen MR) is 170 cm³/mol. The molecule has 294 valence electrons. The Kier molecular flexibility index (Phi) is 16.4. The summed E-state index contributed by atoms with van der Waals surface area (Å²) in [4.78, 5) is 98.3. The number of ether oxygens (including phenoxy) is 10. The Morgan fingerprint density at radius 3 is 1.48 bits per heavy atom. The Bertz CT molecular complexity index is 1330. The molecular weight excluding hydrogens is 698 g/mol. The highest BCUT2D eigenvalue weighted by Crippen LogP contribution is 2.35. The molecule has 19 heteroatoms. The van der Waals surface area contributed by atoms with Crippen LogP contribution >= 0.6 is 0 Å². The first-order chi connectivity index (χ1) is 24.1. The van der Waals surface area contributed by atoms with Gasteiger partial charge in [-0.1, -0.05) is 0 Å². The van der Waals surface area contributed by atoms with Gasteiger partial charge in [-0.05, 0) is 27.2 Å². The Morgan fingerprint density at radius 1 is 0.558 bits per heavy atom. The third-order valence-corrected chi connectivity index (χ3v) is 7.21. The number of amides is 1. The minimum absolute atomic E-state index is 0.0695. The molecular formula is C33H49NO18. The first-order valence-corrected chi connectivity index (χ1v) is 16.5. The number of esters is 7. The number of rotatable bonds is 14. The summed E-state index contributed by atoms with van der Waals surface area (Å²) in [5, 5.41) is 2.67. The average molecular weight is 748 g/mol. The molecule has 19 nitrogen and oxygen atoms in total. The van der Waals surface area contributed by atoms with Crippen LogP contribution in [0, 0.1) is 0 Å². The zero-order chi connectivity index (χ0) is 39.5. The van der Waals surface area contributed by atoms with Gasteiger partial charge in [0.25, 0.3) is 0 Å². The van der Waals surface area contributed by atoms with Gasteiger partial charge in [0.2, 0.25) is 5.91 Å². The lowest BCUT2D eigenvalue weighted by Gasteiger charge is -2.49. The SMILES string of the molecule is CC(=O)N[C@H]1[C@@H](OC(C)=O)[C@H](O[C@@H]2O[C@H](COC(C)=O)[C@H](OC(C)=O)[C@H](OC(C)=O)[C@H]2OC(C)=O)[C@@H](COC(C)=O)O[C@@H]1CCC(=O)OC(C)(C)C. The van der Waals surface area contributed by atoms with Crippen LogP contribution in [0.5, 0.6) is 0 Å². The molecule has 10 atom stereocenters. The highest BCUT2D eigenvalue weighted by atomic mass is 16.8. The zero-order valence-corrected chi connectivity index (χ0v) is 31.0. The van der Waals surface area contributed by atoms with Gasteiger partial charge in [0.05, 0.1) is 12.1 Å². The third kappa shape index (κ3) is 14.3. The fourth-order valence-electron chi connectivity index (χ4n) is 5.61. The summed E-state index contributed by atoms with van der Waals surface area (Å²) in [7, 11) is 0. The van der Waals surface area contributed by atoms with E-state index in [-0.39, 0.29) is 12.8 Å². The Labute approximate surface area is 300 Å². The average Bonchev–Trinajstić information content (AvgIpc) is 2.97. The molecule has 1 N–H and O–H groups in total. The fraction of sp³-hybridized carbons (Fsp3) is 0.758.